The van der Waals surface area contributed by atoms with Gasteiger partial charge in [-0.3, -0.25) is 4.79 Å². The molecule has 2 nitrogen and oxygen atoms in total. The van der Waals surface area contributed by atoms with Gasteiger partial charge >= 0.3 is 0 Å². The number of hydrogen-bond donors (Lipinski definition) is 1. The molecule has 2 rings (SSSR count). The van der Waals surface area contributed by atoms with Crippen molar-refractivity contribution < 1.29 is 4.79 Å². The number of carbonyl (C=O) groups is 1. The molecule has 0 fully saturated rings. The van der Waals surface area contributed by atoms with Gasteiger partial charge in [0.05, 0.1) is 0 Å². The minimum atomic E-state index is 0.105. The van der Waals surface area contributed by atoms with Gasteiger partial charge in [0.15, 0.2) is 0 Å². The topological polar surface area (TPSA) is 29.1 Å². The van der Waals surface area contributed by atoms with Crippen LogP contribution in [0.2, 0.25) is 0 Å². The fourth-order valence-corrected chi connectivity index (χ4v) is 2.47. The molecule has 0 radical (unpaired) electrons. The van der Waals surface area contributed by atoms with E-state index in [1.165, 1.54) is 5.56 Å². The maximum absolute atomic E-state index is 11.8. The van der Waals surface area contributed by atoms with Gasteiger partial charge in [0.25, 0.3) is 0 Å². The van der Waals surface area contributed by atoms with Crippen LogP contribution in [0.25, 0.3) is 0 Å². The van der Waals surface area contributed by atoms with Crippen molar-refractivity contribution in [2.24, 2.45) is 5.92 Å². The summed E-state index contributed by atoms with van der Waals surface area (Å²) in [5, 5.41) is 2.93. The molecule has 2 heteroatoms. The van der Waals surface area contributed by atoms with Crippen LogP contribution in [0.5, 0.6) is 0 Å². The van der Waals surface area contributed by atoms with Gasteiger partial charge in [0.1, 0.15) is 0 Å². The second kappa shape index (κ2) is 8.25. The molecule has 1 atom stereocenters. The first-order valence-electron chi connectivity index (χ1n) is 7.63. The van der Waals surface area contributed by atoms with Crippen LogP contribution in [0.4, 0.5) is 5.69 Å². The van der Waals surface area contributed by atoms with Gasteiger partial charge in [-0.15, -0.1) is 0 Å². The predicted molar refractivity (Wildman–Crippen MR) is 88.2 cm³/mol. The SMILES string of the molecule is C[C@@H](CCCC(=O)Nc1ccccc1)Cc1ccccc1. The molecular formula is C19H23NO. The second-order valence-electron chi connectivity index (χ2n) is 5.60. The number of amides is 1. The first-order valence-corrected chi connectivity index (χ1v) is 7.63. The van der Waals surface area contributed by atoms with Gasteiger partial charge in [-0.05, 0) is 42.9 Å². The van der Waals surface area contributed by atoms with Crippen molar-refractivity contribution >= 4 is 11.6 Å². The van der Waals surface area contributed by atoms with E-state index in [1.807, 2.05) is 36.4 Å². The first kappa shape index (κ1) is 15.3. The Morgan fingerprint density at radius 3 is 2.29 bits per heavy atom. The highest BCUT2D eigenvalue weighted by molar-refractivity contribution is 5.90. The number of benzene rings is 2. The maximum atomic E-state index is 11.8. The van der Waals surface area contributed by atoms with Gasteiger partial charge in [0, 0.05) is 12.1 Å². The molecule has 0 saturated heterocycles. The van der Waals surface area contributed by atoms with Crippen LogP contribution in [-0.4, -0.2) is 5.91 Å². The molecule has 110 valence electrons. The number of rotatable bonds is 7. The Labute approximate surface area is 127 Å². The monoisotopic (exact) mass is 281 g/mol. The summed E-state index contributed by atoms with van der Waals surface area (Å²) in [7, 11) is 0. The average molecular weight is 281 g/mol. The molecule has 0 heterocycles. The largest absolute Gasteiger partial charge is 0.326 e. The molecular weight excluding hydrogens is 258 g/mol. The Balaban J connectivity index is 1.66. The lowest BCUT2D eigenvalue weighted by atomic mass is 9.96. The summed E-state index contributed by atoms with van der Waals surface area (Å²) in [6, 6.07) is 20.2. The minimum Gasteiger partial charge on any atom is -0.326 e. The lowest BCUT2D eigenvalue weighted by molar-refractivity contribution is -0.116. The molecule has 0 spiro atoms. The van der Waals surface area contributed by atoms with Crippen molar-refractivity contribution in [1.82, 2.24) is 0 Å². The highest BCUT2D eigenvalue weighted by Crippen LogP contribution is 2.15. The van der Waals surface area contributed by atoms with Crippen LogP contribution in [-0.2, 0) is 11.2 Å². The molecule has 0 bridgehead atoms. The van der Waals surface area contributed by atoms with E-state index in [9.17, 15) is 4.79 Å². The summed E-state index contributed by atoms with van der Waals surface area (Å²) in [6.07, 6.45) is 3.69. The van der Waals surface area contributed by atoms with E-state index in [-0.39, 0.29) is 5.91 Å². The zero-order valence-electron chi connectivity index (χ0n) is 12.6. The smallest absolute Gasteiger partial charge is 0.224 e. The van der Waals surface area contributed by atoms with Crippen LogP contribution in [0.1, 0.15) is 31.7 Å². The lowest BCUT2D eigenvalue weighted by Gasteiger charge is -2.11. The third kappa shape index (κ3) is 5.82. The van der Waals surface area contributed by atoms with Gasteiger partial charge in [-0.1, -0.05) is 55.5 Å². The van der Waals surface area contributed by atoms with Crippen molar-refractivity contribution in [2.45, 2.75) is 32.6 Å². The normalized spacial score (nSPS) is 11.9. The second-order valence-corrected chi connectivity index (χ2v) is 5.60. The molecule has 2 aromatic carbocycles. The summed E-state index contributed by atoms with van der Waals surface area (Å²) in [4.78, 5) is 11.8. The molecule has 0 aliphatic heterocycles. The van der Waals surface area contributed by atoms with Crippen molar-refractivity contribution in [3.8, 4) is 0 Å². The summed E-state index contributed by atoms with van der Waals surface area (Å²) in [5.41, 5.74) is 2.25. The van der Waals surface area contributed by atoms with Crippen LogP contribution >= 0.6 is 0 Å². The predicted octanol–water partition coefficient (Wildman–Crippen LogP) is 4.67. The Bertz CT molecular complexity index is 536. The van der Waals surface area contributed by atoms with Crippen LogP contribution in [0.15, 0.2) is 60.7 Å². The van der Waals surface area contributed by atoms with Crippen molar-refractivity contribution in [2.75, 3.05) is 5.32 Å². The summed E-state index contributed by atoms with van der Waals surface area (Å²) in [6.45, 7) is 2.25. The summed E-state index contributed by atoms with van der Waals surface area (Å²) >= 11 is 0. The van der Waals surface area contributed by atoms with Crippen LogP contribution in [0, 0.1) is 5.92 Å². The van der Waals surface area contributed by atoms with Crippen LogP contribution in [0.3, 0.4) is 0 Å². The van der Waals surface area contributed by atoms with Gasteiger partial charge in [-0.2, -0.15) is 0 Å². The number of carbonyl (C=O) groups excluding carboxylic acids is 1. The first-order chi connectivity index (χ1) is 10.2. The van der Waals surface area contributed by atoms with E-state index in [1.54, 1.807) is 0 Å². The van der Waals surface area contributed by atoms with Crippen molar-refractivity contribution in [1.29, 1.82) is 0 Å². The fourth-order valence-electron chi connectivity index (χ4n) is 2.47. The molecule has 0 aromatic heterocycles. The minimum absolute atomic E-state index is 0.105. The van der Waals surface area contributed by atoms with E-state index < -0.39 is 0 Å². The van der Waals surface area contributed by atoms with Gasteiger partial charge in [-0.25, -0.2) is 0 Å². The van der Waals surface area contributed by atoms with E-state index in [2.05, 4.69) is 36.5 Å². The lowest BCUT2D eigenvalue weighted by Crippen LogP contribution is -2.11. The third-order valence-electron chi connectivity index (χ3n) is 3.59. The van der Waals surface area contributed by atoms with Crippen molar-refractivity contribution in [3.63, 3.8) is 0 Å². The fraction of sp³-hybridized carbons (Fsp3) is 0.316. The molecule has 0 unspecified atom stereocenters. The molecule has 0 aliphatic carbocycles. The zero-order valence-corrected chi connectivity index (χ0v) is 12.6. The number of para-hydroxylation sites is 1. The molecule has 21 heavy (non-hydrogen) atoms. The standard InChI is InChI=1S/C19H23NO/c1-16(15-17-10-4-2-5-11-17)9-8-14-19(21)20-18-12-6-3-7-13-18/h2-7,10-13,16H,8-9,14-15H2,1H3,(H,20,21)/t16-/m0/s1. The number of hydrogen-bond acceptors (Lipinski definition) is 1. The Kier molecular flexibility index (Phi) is 6.01. The highest BCUT2D eigenvalue weighted by Gasteiger charge is 2.06. The molecule has 1 N–H and O–H groups in total. The number of nitrogens with one attached hydrogen (secondary N) is 1. The zero-order chi connectivity index (χ0) is 14.9. The summed E-state index contributed by atoms with van der Waals surface area (Å²) in [5.74, 6) is 0.713. The Morgan fingerprint density at radius 2 is 1.62 bits per heavy atom. The quantitative estimate of drug-likeness (QED) is 0.784. The third-order valence-corrected chi connectivity index (χ3v) is 3.59. The molecule has 2 aromatic rings. The maximum Gasteiger partial charge on any atom is 0.224 e. The Hall–Kier alpha value is -2.09. The van der Waals surface area contributed by atoms with E-state index in [0.717, 1.165) is 24.9 Å². The van der Waals surface area contributed by atoms with Crippen molar-refractivity contribution in [3.05, 3.63) is 66.2 Å². The average Bonchev–Trinajstić information content (AvgIpc) is 2.49. The van der Waals surface area contributed by atoms with Crippen LogP contribution < -0.4 is 5.32 Å². The molecule has 1 amide bonds. The Morgan fingerprint density at radius 1 is 1.00 bits per heavy atom. The van der Waals surface area contributed by atoms with E-state index in [4.69, 9.17) is 0 Å². The van der Waals surface area contributed by atoms with E-state index in [0.29, 0.717) is 12.3 Å². The molecule has 0 aliphatic rings. The summed E-state index contributed by atoms with van der Waals surface area (Å²) < 4.78 is 0. The highest BCUT2D eigenvalue weighted by atomic mass is 16.1. The molecule has 0 saturated carbocycles. The van der Waals surface area contributed by atoms with Gasteiger partial charge < -0.3 is 5.32 Å². The van der Waals surface area contributed by atoms with Gasteiger partial charge in [0.2, 0.25) is 5.91 Å². The van der Waals surface area contributed by atoms with E-state index >= 15 is 0 Å². The number of anilines is 1.